The number of aryl methyl sites for hydroxylation is 2. The van der Waals surface area contributed by atoms with E-state index in [0.717, 1.165) is 11.1 Å². The number of nitrogens with zero attached hydrogens (tertiary/aromatic N) is 1. The van der Waals surface area contributed by atoms with Crippen LogP contribution in [-0.2, 0) is 32.0 Å². The highest BCUT2D eigenvalue weighted by Crippen LogP contribution is 2.16. The largest absolute Gasteiger partial charge is 0.481 e. The number of carbonyl (C=O) groups is 5. The van der Waals surface area contributed by atoms with Crippen LogP contribution in [0.4, 0.5) is 5.95 Å². The number of fused-ring (bicyclic) bond motifs is 1. The summed E-state index contributed by atoms with van der Waals surface area (Å²) in [5, 5.41) is 32.1. The molecule has 2 heterocycles. The molecule has 0 spiro atoms. The second-order valence-electron chi connectivity index (χ2n) is 8.98. The number of aliphatic carboxylic acids is 3. The first kappa shape index (κ1) is 29.3. The number of rotatable bonds is 14. The molecule has 40 heavy (non-hydrogen) atoms. The van der Waals surface area contributed by atoms with E-state index in [-0.39, 0.29) is 23.5 Å². The minimum atomic E-state index is -1.53. The molecule has 15 nitrogen and oxygen atoms in total. The number of nitrogens with one attached hydrogen (secondary N) is 4. The fourth-order valence-electron chi connectivity index (χ4n) is 4.00. The number of H-pyrrole nitrogens is 2. The number of nitrogen functional groups attached to an aromatic ring is 1. The molecular weight excluding hydrogens is 528 g/mol. The van der Waals surface area contributed by atoms with E-state index in [1.54, 1.807) is 18.3 Å². The summed E-state index contributed by atoms with van der Waals surface area (Å²) in [6.07, 6.45) is 0.975. The summed E-state index contributed by atoms with van der Waals surface area (Å²) in [5.74, 6) is -5.59. The Bertz CT molecular complexity index is 1480. The molecule has 0 saturated carbocycles. The van der Waals surface area contributed by atoms with Gasteiger partial charge in [-0.3, -0.25) is 29.0 Å². The molecule has 0 bridgehead atoms. The lowest BCUT2D eigenvalue weighted by atomic mass is 10.0. The molecule has 2 amide bonds. The monoisotopic (exact) mass is 556 g/mol. The van der Waals surface area contributed by atoms with E-state index >= 15 is 0 Å². The number of carboxylic acids is 3. The number of hydrogen-bond acceptors (Lipinski definition) is 8. The summed E-state index contributed by atoms with van der Waals surface area (Å²) < 4.78 is 0. The SMILES string of the molecule is Nc1nc2[nH]cc(CCc3ccc(C(=O)N[C@@H](CCC(=O)O)C(=O)N[C@@H](CCC(=O)O)C(=O)O)cc3)c2c(=O)[nH]1. The summed E-state index contributed by atoms with van der Waals surface area (Å²) >= 11 is 0. The van der Waals surface area contributed by atoms with Gasteiger partial charge >= 0.3 is 17.9 Å². The maximum absolute atomic E-state index is 12.8. The van der Waals surface area contributed by atoms with Crippen molar-refractivity contribution in [3.05, 3.63) is 57.5 Å². The van der Waals surface area contributed by atoms with Crippen molar-refractivity contribution in [1.82, 2.24) is 25.6 Å². The smallest absolute Gasteiger partial charge is 0.326 e. The molecule has 2 atom stereocenters. The van der Waals surface area contributed by atoms with Crippen molar-refractivity contribution >= 4 is 46.7 Å². The third-order valence-corrected chi connectivity index (χ3v) is 6.07. The zero-order chi connectivity index (χ0) is 29.4. The van der Waals surface area contributed by atoms with Crippen LogP contribution in [0.5, 0.6) is 0 Å². The van der Waals surface area contributed by atoms with Gasteiger partial charge in [-0.05, 0) is 48.9 Å². The molecule has 3 aromatic rings. The summed E-state index contributed by atoms with van der Waals surface area (Å²) in [4.78, 5) is 80.4. The molecule has 15 heteroatoms. The summed E-state index contributed by atoms with van der Waals surface area (Å²) in [6, 6.07) is 3.47. The zero-order valence-corrected chi connectivity index (χ0v) is 21.1. The van der Waals surface area contributed by atoms with Crippen LogP contribution in [0.25, 0.3) is 11.0 Å². The highest BCUT2D eigenvalue weighted by molar-refractivity contribution is 5.98. The van der Waals surface area contributed by atoms with Crippen molar-refractivity contribution in [3.8, 4) is 0 Å². The van der Waals surface area contributed by atoms with Crippen LogP contribution < -0.4 is 21.9 Å². The number of carboxylic acid groups (broad SMARTS) is 3. The van der Waals surface area contributed by atoms with Gasteiger partial charge < -0.3 is 36.7 Å². The molecule has 0 fully saturated rings. The van der Waals surface area contributed by atoms with Crippen LogP contribution in [-0.4, -0.2) is 72.1 Å². The lowest BCUT2D eigenvalue weighted by molar-refractivity contribution is -0.143. The highest BCUT2D eigenvalue weighted by atomic mass is 16.4. The van der Waals surface area contributed by atoms with Crippen molar-refractivity contribution in [3.63, 3.8) is 0 Å². The van der Waals surface area contributed by atoms with E-state index in [0.29, 0.717) is 23.9 Å². The summed E-state index contributed by atoms with van der Waals surface area (Å²) in [6.45, 7) is 0. The van der Waals surface area contributed by atoms with E-state index < -0.39 is 61.1 Å². The van der Waals surface area contributed by atoms with Gasteiger partial charge in [0.1, 0.15) is 17.7 Å². The molecule has 0 radical (unpaired) electrons. The van der Waals surface area contributed by atoms with Gasteiger partial charge in [0.2, 0.25) is 11.9 Å². The minimum Gasteiger partial charge on any atom is -0.481 e. The number of amides is 2. The average Bonchev–Trinajstić information content (AvgIpc) is 3.30. The van der Waals surface area contributed by atoms with Crippen LogP contribution in [0.1, 0.15) is 47.2 Å². The van der Waals surface area contributed by atoms with Gasteiger partial charge in [-0.1, -0.05) is 12.1 Å². The second kappa shape index (κ2) is 13.0. The maximum atomic E-state index is 12.8. The molecule has 0 aliphatic rings. The summed E-state index contributed by atoms with van der Waals surface area (Å²) in [5.41, 5.74) is 7.32. The van der Waals surface area contributed by atoms with Crippen LogP contribution in [0.3, 0.4) is 0 Å². The van der Waals surface area contributed by atoms with Crippen molar-refractivity contribution in [2.75, 3.05) is 5.73 Å². The van der Waals surface area contributed by atoms with Gasteiger partial charge in [0.25, 0.3) is 11.5 Å². The number of benzene rings is 1. The Morgan fingerprint density at radius 2 is 1.52 bits per heavy atom. The quantitative estimate of drug-likeness (QED) is 0.131. The first-order valence-electron chi connectivity index (χ1n) is 12.2. The van der Waals surface area contributed by atoms with Gasteiger partial charge in [-0.2, -0.15) is 4.98 Å². The predicted molar refractivity (Wildman–Crippen MR) is 140 cm³/mol. The van der Waals surface area contributed by atoms with Gasteiger partial charge in [0.15, 0.2) is 0 Å². The first-order valence-corrected chi connectivity index (χ1v) is 12.2. The Labute approximate surface area is 225 Å². The highest BCUT2D eigenvalue weighted by Gasteiger charge is 2.27. The maximum Gasteiger partial charge on any atom is 0.326 e. The lowest BCUT2D eigenvalue weighted by Crippen LogP contribution is -2.51. The van der Waals surface area contributed by atoms with Gasteiger partial charge in [-0.15, -0.1) is 0 Å². The molecule has 212 valence electrons. The molecule has 0 aliphatic heterocycles. The van der Waals surface area contributed by atoms with E-state index in [9.17, 15) is 33.9 Å². The molecule has 3 rings (SSSR count). The third-order valence-electron chi connectivity index (χ3n) is 6.07. The second-order valence-corrected chi connectivity index (χ2v) is 8.98. The van der Waals surface area contributed by atoms with Crippen molar-refractivity contribution in [2.45, 2.75) is 50.6 Å². The number of anilines is 1. The Morgan fingerprint density at radius 3 is 2.12 bits per heavy atom. The Hall–Kier alpha value is -5.21. The van der Waals surface area contributed by atoms with Crippen LogP contribution >= 0.6 is 0 Å². The van der Waals surface area contributed by atoms with E-state index in [2.05, 4.69) is 25.6 Å². The number of hydrogen-bond donors (Lipinski definition) is 8. The third kappa shape index (κ3) is 7.89. The van der Waals surface area contributed by atoms with Gasteiger partial charge in [-0.25, -0.2) is 4.79 Å². The molecule has 0 saturated heterocycles. The predicted octanol–water partition coefficient (Wildman–Crippen LogP) is 0.0160. The molecule has 9 N–H and O–H groups in total. The van der Waals surface area contributed by atoms with Crippen LogP contribution in [0.2, 0.25) is 0 Å². The standard InChI is InChI=1S/C25H28N6O9/c26-25-30-20-19(23(38)31-25)14(11-27-20)6-3-12-1-4-13(5-2-12)21(36)28-15(7-9-17(32)33)22(37)29-16(24(39)40)8-10-18(34)35/h1-2,4-5,11,15-16H,3,6-10H2,(H,28,36)(H,29,37)(H,32,33)(H,34,35)(H,39,40)(H4,26,27,30,31,38)/t15-,16-/m0/s1. The van der Waals surface area contributed by atoms with E-state index in [1.165, 1.54) is 12.1 Å². The molecule has 0 unspecified atom stereocenters. The van der Waals surface area contributed by atoms with Crippen LogP contribution in [0.15, 0.2) is 35.3 Å². The minimum absolute atomic E-state index is 0.00216. The number of aromatic amines is 2. The van der Waals surface area contributed by atoms with Gasteiger partial charge in [0.05, 0.1) is 5.39 Å². The average molecular weight is 557 g/mol. The van der Waals surface area contributed by atoms with E-state index in [4.69, 9.17) is 15.9 Å². The molecule has 0 aliphatic carbocycles. The Morgan fingerprint density at radius 1 is 0.900 bits per heavy atom. The lowest BCUT2D eigenvalue weighted by Gasteiger charge is -2.21. The fraction of sp³-hybridized carbons (Fsp3) is 0.320. The number of nitrogens with two attached hydrogens (primary N) is 1. The van der Waals surface area contributed by atoms with Gasteiger partial charge in [0, 0.05) is 24.6 Å². The Kier molecular flexibility index (Phi) is 9.56. The zero-order valence-electron chi connectivity index (χ0n) is 21.1. The number of aromatic nitrogens is 3. The Balaban J connectivity index is 1.65. The van der Waals surface area contributed by atoms with Crippen LogP contribution in [0, 0.1) is 0 Å². The first-order chi connectivity index (χ1) is 18.9. The van der Waals surface area contributed by atoms with E-state index in [1.807, 2.05) is 0 Å². The number of carbonyl (C=O) groups excluding carboxylic acids is 2. The van der Waals surface area contributed by atoms with Crippen molar-refractivity contribution < 1.29 is 39.3 Å². The fourth-order valence-corrected chi connectivity index (χ4v) is 4.00. The normalized spacial score (nSPS) is 12.4. The molecule has 1 aromatic carbocycles. The topological polar surface area (TPSA) is 258 Å². The van der Waals surface area contributed by atoms with Crippen molar-refractivity contribution in [1.29, 1.82) is 0 Å². The van der Waals surface area contributed by atoms with Crippen molar-refractivity contribution in [2.24, 2.45) is 0 Å². The molecule has 2 aromatic heterocycles. The molecular formula is C25H28N6O9. The summed E-state index contributed by atoms with van der Waals surface area (Å²) in [7, 11) is 0.